The third-order valence-corrected chi connectivity index (χ3v) is 2.83. The van der Waals surface area contributed by atoms with E-state index in [2.05, 4.69) is 15.3 Å². The predicted molar refractivity (Wildman–Crippen MR) is 80.3 cm³/mol. The zero-order valence-corrected chi connectivity index (χ0v) is 12.3. The van der Waals surface area contributed by atoms with E-state index in [1.54, 1.807) is 24.3 Å². The highest BCUT2D eigenvalue weighted by atomic mass is 16.5. The van der Waals surface area contributed by atoms with E-state index in [1.165, 1.54) is 6.20 Å². The standard InChI is InChI=1S/C15H15N3O5/c1-2-23-11-6-4-3-5-9(11)10-7-16-14(21)13(18-10)15(22)17-8-12(19)20/h3-7H,2,8H2,1H3,(H,16,21)(H,17,22)(H,19,20). The Balaban J connectivity index is 2.37. The first-order valence-electron chi connectivity index (χ1n) is 6.81. The zero-order chi connectivity index (χ0) is 16.8. The molecule has 0 radical (unpaired) electrons. The molecule has 1 aromatic heterocycles. The highest BCUT2D eigenvalue weighted by molar-refractivity contribution is 5.96. The molecule has 0 aliphatic rings. The second kappa shape index (κ2) is 7.21. The van der Waals surface area contributed by atoms with Gasteiger partial charge in [-0.25, -0.2) is 9.97 Å². The van der Waals surface area contributed by atoms with E-state index in [9.17, 15) is 14.7 Å². The van der Waals surface area contributed by atoms with Crippen LogP contribution < -0.4 is 10.1 Å². The Morgan fingerprint density at radius 1 is 1.30 bits per heavy atom. The zero-order valence-electron chi connectivity index (χ0n) is 12.3. The normalized spacial score (nSPS) is 10.1. The Hall–Kier alpha value is -3.16. The molecule has 0 aliphatic carbocycles. The van der Waals surface area contributed by atoms with Crippen molar-refractivity contribution in [2.24, 2.45) is 0 Å². The number of para-hydroxylation sites is 1. The van der Waals surface area contributed by atoms with Crippen LogP contribution >= 0.6 is 0 Å². The molecule has 0 saturated heterocycles. The van der Waals surface area contributed by atoms with Gasteiger partial charge in [-0.05, 0) is 19.1 Å². The van der Waals surface area contributed by atoms with E-state index in [-0.39, 0.29) is 5.69 Å². The van der Waals surface area contributed by atoms with Gasteiger partial charge in [0.25, 0.3) is 5.91 Å². The summed E-state index contributed by atoms with van der Waals surface area (Å²) in [6, 6.07) is 7.06. The van der Waals surface area contributed by atoms with Crippen molar-refractivity contribution in [2.75, 3.05) is 13.2 Å². The topological polar surface area (TPSA) is 122 Å². The van der Waals surface area contributed by atoms with Gasteiger partial charge in [0.1, 0.15) is 12.3 Å². The number of aromatic hydroxyl groups is 1. The van der Waals surface area contributed by atoms with Gasteiger partial charge in [0.2, 0.25) is 5.88 Å². The number of hydrogen-bond donors (Lipinski definition) is 3. The summed E-state index contributed by atoms with van der Waals surface area (Å²) in [7, 11) is 0. The van der Waals surface area contributed by atoms with E-state index in [0.717, 1.165) is 0 Å². The average Bonchev–Trinajstić information content (AvgIpc) is 2.54. The average molecular weight is 317 g/mol. The molecule has 0 aliphatic heterocycles. The molecule has 0 unspecified atom stereocenters. The minimum absolute atomic E-state index is 0.326. The van der Waals surface area contributed by atoms with Crippen LogP contribution in [0.3, 0.4) is 0 Å². The lowest BCUT2D eigenvalue weighted by atomic mass is 10.1. The molecule has 8 heteroatoms. The summed E-state index contributed by atoms with van der Waals surface area (Å²) in [5, 5.41) is 20.4. The molecule has 2 aromatic rings. The number of amides is 1. The molecule has 0 bridgehead atoms. The van der Waals surface area contributed by atoms with Crippen molar-refractivity contribution >= 4 is 11.9 Å². The van der Waals surface area contributed by atoms with Crippen molar-refractivity contribution < 1.29 is 24.5 Å². The van der Waals surface area contributed by atoms with Gasteiger partial charge in [-0.1, -0.05) is 12.1 Å². The Labute approximate surface area is 131 Å². The quantitative estimate of drug-likeness (QED) is 0.728. The molecule has 0 saturated carbocycles. The number of hydrogen-bond acceptors (Lipinski definition) is 6. The molecule has 120 valence electrons. The summed E-state index contributed by atoms with van der Waals surface area (Å²) in [4.78, 5) is 30.2. The van der Waals surface area contributed by atoms with Crippen molar-refractivity contribution in [1.82, 2.24) is 15.3 Å². The first kappa shape index (κ1) is 16.2. The van der Waals surface area contributed by atoms with Crippen LogP contribution in [0, 0.1) is 0 Å². The van der Waals surface area contributed by atoms with Crippen LogP contribution in [0.2, 0.25) is 0 Å². The Kier molecular flexibility index (Phi) is 5.08. The second-order valence-corrected chi connectivity index (χ2v) is 4.43. The fourth-order valence-corrected chi connectivity index (χ4v) is 1.86. The van der Waals surface area contributed by atoms with Gasteiger partial charge in [0.15, 0.2) is 5.69 Å². The number of aromatic nitrogens is 2. The minimum atomic E-state index is -1.20. The van der Waals surface area contributed by atoms with Crippen LogP contribution in [0.25, 0.3) is 11.3 Å². The lowest BCUT2D eigenvalue weighted by Gasteiger charge is -2.10. The molecule has 0 atom stereocenters. The highest BCUT2D eigenvalue weighted by Gasteiger charge is 2.18. The summed E-state index contributed by atoms with van der Waals surface area (Å²) >= 11 is 0. The molecule has 0 spiro atoms. The lowest BCUT2D eigenvalue weighted by molar-refractivity contribution is -0.135. The summed E-state index contributed by atoms with van der Waals surface area (Å²) in [5.41, 5.74) is 0.580. The first-order chi connectivity index (χ1) is 11.0. The van der Waals surface area contributed by atoms with E-state index in [1.807, 2.05) is 6.92 Å². The highest BCUT2D eigenvalue weighted by Crippen LogP contribution is 2.29. The summed E-state index contributed by atoms with van der Waals surface area (Å²) in [6.45, 7) is 1.71. The summed E-state index contributed by atoms with van der Waals surface area (Å²) in [5.74, 6) is -2.05. The van der Waals surface area contributed by atoms with Crippen molar-refractivity contribution in [2.45, 2.75) is 6.92 Å². The van der Waals surface area contributed by atoms with Crippen LogP contribution in [-0.4, -0.2) is 45.2 Å². The number of carbonyl (C=O) groups is 2. The molecular formula is C15H15N3O5. The van der Waals surface area contributed by atoms with Crippen LogP contribution in [-0.2, 0) is 4.79 Å². The Morgan fingerprint density at radius 3 is 2.74 bits per heavy atom. The van der Waals surface area contributed by atoms with Gasteiger partial charge >= 0.3 is 5.97 Å². The van der Waals surface area contributed by atoms with Gasteiger partial charge in [-0.3, -0.25) is 9.59 Å². The van der Waals surface area contributed by atoms with Crippen molar-refractivity contribution in [3.8, 4) is 22.9 Å². The van der Waals surface area contributed by atoms with E-state index < -0.39 is 24.3 Å². The van der Waals surface area contributed by atoms with Gasteiger partial charge < -0.3 is 20.3 Å². The molecule has 0 fully saturated rings. The van der Waals surface area contributed by atoms with Crippen molar-refractivity contribution in [3.63, 3.8) is 0 Å². The number of nitrogens with one attached hydrogen (secondary N) is 1. The third kappa shape index (κ3) is 3.94. The molecular weight excluding hydrogens is 302 g/mol. The van der Waals surface area contributed by atoms with E-state index >= 15 is 0 Å². The maximum absolute atomic E-state index is 11.9. The largest absolute Gasteiger partial charge is 0.493 e. The molecule has 8 nitrogen and oxygen atoms in total. The fourth-order valence-electron chi connectivity index (χ4n) is 1.86. The van der Waals surface area contributed by atoms with Gasteiger partial charge in [-0.2, -0.15) is 0 Å². The number of carboxylic acids is 1. The molecule has 1 heterocycles. The van der Waals surface area contributed by atoms with Crippen molar-refractivity contribution in [3.05, 3.63) is 36.2 Å². The monoisotopic (exact) mass is 317 g/mol. The maximum Gasteiger partial charge on any atom is 0.322 e. The van der Waals surface area contributed by atoms with Crippen molar-refractivity contribution in [1.29, 1.82) is 0 Å². The van der Waals surface area contributed by atoms with Crippen LogP contribution in [0.5, 0.6) is 11.6 Å². The van der Waals surface area contributed by atoms with Crippen LogP contribution in [0.4, 0.5) is 0 Å². The van der Waals surface area contributed by atoms with Crippen LogP contribution in [0.1, 0.15) is 17.4 Å². The third-order valence-electron chi connectivity index (χ3n) is 2.83. The van der Waals surface area contributed by atoms with Gasteiger partial charge in [0, 0.05) is 5.56 Å². The number of aliphatic carboxylic acids is 1. The molecule has 23 heavy (non-hydrogen) atoms. The number of nitrogens with zero attached hydrogens (tertiary/aromatic N) is 2. The lowest BCUT2D eigenvalue weighted by Crippen LogP contribution is -2.30. The minimum Gasteiger partial charge on any atom is -0.493 e. The summed E-state index contributed by atoms with van der Waals surface area (Å²) in [6.07, 6.45) is 1.31. The Bertz CT molecular complexity index is 733. The molecule has 1 amide bonds. The maximum atomic E-state index is 11.9. The second-order valence-electron chi connectivity index (χ2n) is 4.43. The number of carbonyl (C=O) groups excluding carboxylic acids is 1. The summed E-state index contributed by atoms with van der Waals surface area (Å²) < 4.78 is 5.49. The molecule has 1 aromatic carbocycles. The smallest absolute Gasteiger partial charge is 0.322 e. The predicted octanol–water partition coefficient (Wildman–Crippen LogP) is 1.06. The van der Waals surface area contributed by atoms with E-state index in [0.29, 0.717) is 23.6 Å². The van der Waals surface area contributed by atoms with Gasteiger partial charge in [-0.15, -0.1) is 0 Å². The number of rotatable bonds is 6. The first-order valence-corrected chi connectivity index (χ1v) is 6.81. The SMILES string of the molecule is CCOc1ccccc1-c1cnc(O)c(C(=O)NCC(=O)O)n1. The number of benzene rings is 1. The van der Waals surface area contributed by atoms with Gasteiger partial charge in [0.05, 0.1) is 18.5 Å². The Morgan fingerprint density at radius 2 is 2.04 bits per heavy atom. The number of ether oxygens (including phenoxy) is 1. The molecule has 3 N–H and O–H groups in total. The number of carboxylic acid groups (broad SMARTS) is 1. The molecule has 2 rings (SSSR count). The van der Waals surface area contributed by atoms with Crippen LogP contribution in [0.15, 0.2) is 30.5 Å². The fraction of sp³-hybridized carbons (Fsp3) is 0.200. The van der Waals surface area contributed by atoms with E-state index in [4.69, 9.17) is 9.84 Å².